The Kier molecular flexibility index (Phi) is 5.06. The number of benzene rings is 1. The van der Waals surface area contributed by atoms with Crippen LogP contribution >= 0.6 is 11.5 Å². The Labute approximate surface area is 187 Å². The van der Waals surface area contributed by atoms with Crippen molar-refractivity contribution in [3.05, 3.63) is 52.8 Å². The maximum absolute atomic E-state index is 15.3. The molecule has 0 bridgehead atoms. The van der Waals surface area contributed by atoms with E-state index < -0.39 is 17.5 Å². The van der Waals surface area contributed by atoms with E-state index in [0.29, 0.717) is 11.2 Å². The van der Waals surface area contributed by atoms with Crippen molar-refractivity contribution in [3.8, 4) is 0 Å². The molecule has 4 aromatic rings. The molecule has 0 spiro atoms. The number of nitrogens with one attached hydrogen (secondary N) is 2. The lowest BCUT2D eigenvalue weighted by Gasteiger charge is -2.38. The van der Waals surface area contributed by atoms with Crippen molar-refractivity contribution in [1.82, 2.24) is 19.1 Å². The Balaban J connectivity index is 1.51. The number of pyridine rings is 1. The standard InChI is InChI=1S/C22H22F2N6OS/c1-11-6-29(7-12(2)25-11)18-5-16(23)19(20-15(18)10-32-28-20)22(31)27-14-4-17(24)21-26-13(3)8-30(21)9-14/h4-5,8-12,25H,6-7H2,1-3H3,(H,27,31). The van der Waals surface area contributed by atoms with Crippen molar-refractivity contribution in [1.29, 1.82) is 0 Å². The maximum Gasteiger partial charge on any atom is 0.260 e. The summed E-state index contributed by atoms with van der Waals surface area (Å²) < 4.78 is 35.5. The summed E-state index contributed by atoms with van der Waals surface area (Å²) in [6.45, 7) is 7.37. The average Bonchev–Trinajstić information content (AvgIpc) is 3.32. The van der Waals surface area contributed by atoms with Gasteiger partial charge in [-0.25, -0.2) is 13.8 Å². The number of carbonyl (C=O) groups is 1. The van der Waals surface area contributed by atoms with E-state index in [1.54, 1.807) is 19.3 Å². The fourth-order valence-electron chi connectivity index (χ4n) is 4.42. The predicted molar refractivity (Wildman–Crippen MR) is 122 cm³/mol. The molecule has 1 aliphatic rings. The van der Waals surface area contributed by atoms with E-state index >= 15 is 4.39 Å². The largest absolute Gasteiger partial charge is 0.368 e. The lowest BCUT2D eigenvalue weighted by molar-refractivity contribution is 0.102. The number of piperazine rings is 1. The quantitative estimate of drug-likeness (QED) is 0.488. The summed E-state index contributed by atoms with van der Waals surface area (Å²) in [5, 5.41) is 8.63. The van der Waals surface area contributed by atoms with Crippen molar-refractivity contribution in [2.75, 3.05) is 23.3 Å². The van der Waals surface area contributed by atoms with Crippen molar-refractivity contribution in [3.63, 3.8) is 0 Å². The van der Waals surface area contributed by atoms with Crippen LogP contribution in [0.4, 0.5) is 20.2 Å². The molecule has 1 amide bonds. The molecule has 0 saturated carbocycles. The van der Waals surface area contributed by atoms with Crippen LogP contribution in [-0.4, -0.2) is 44.8 Å². The van der Waals surface area contributed by atoms with Gasteiger partial charge in [0.25, 0.3) is 5.91 Å². The minimum Gasteiger partial charge on any atom is -0.368 e. The fourth-order valence-corrected chi connectivity index (χ4v) is 5.11. The number of imidazole rings is 1. The Morgan fingerprint density at radius 3 is 2.69 bits per heavy atom. The van der Waals surface area contributed by atoms with Crippen LogP contribution in [0.1, 0.15) is 29.9 Å². The number of nitrogens with zero attached hydrogens (tertiary/aromatic N) is 4. The highest BCUT2D eigenvalue weighted by atomic mass is 32.1. The van der Waals surface area contributed by atoms with E-state index in [4.69, 9.17) is 0 Å². The SMILES string of the molecule is Cc1cn2cc(NC(=O)c3c(F)cc(N4CC(C)NC(C)C4)c4csnc34)cc(F)c2n1. The molecule has 1 fully saturated rings. The van der Waals surface area contributed by atoms with E-state index in [2.05, 4.69) is 38.7 Å². The monoisotopic (exact) mass is 456 g/mol. The minimum absolute atomic E-state index is 0.149. The molecular formula is C22H22F2N6OS. The van der Waals surface area contributed by atoms with Gasteiger partial charge >= 0.3 is 0 Å². The molecule has 5 rings (SSSR count). The summed E-state index contributed by atoms with van der Waals surface area (Å²) in [6, 6.07) is 3.08. The van der Waals surface area contributed by atoms with Crippen LogP contribution in [0.5, 0.6) is 0 Å². The number of hydrogen-bond donors (Lipinski definition) is 2. The average molecular weight is 457 g/mol. The van der Waals surface area contributed by atoms with Gasteiger partial charge in [-0.3, -0.25) is 4.79 Å². The van der Waals surface area contributed by atoms with E-state index in [1.807, 2.05) is 5.38 Å². The number of anilines is 2. The predicted octanol–water partition coefficient (Wildman–Crippen LogP) is 3.97. The molecule has 0 aliphatic carbocycles. The van der Waals surface area contributed by atoms with Crippen LogP contribution in [0.2, 0.25) is 0 Å². The van der Waals surface area contributed by atoms with Crippen LogP contribution in [-0.2, 0) is 0 Å². The van der Waals surface area contributed by atoms with Crippen LogP contribution in [0, 0.1) is 18.6 Å². The first-order valence-electron chi connectivity index (χ1n) is 10.3. The van der Waals surface area contributed by atoms with Crippen molar-refractivity contribution >= 4 is 45.4 Å². The molecule has 1 saturated heterocycles. The first-order chi connectivity index (χ1) is 15.3. The normalized spacial score (nSPS) is 19.1. The Morgan fingerprint density at radius 1 is 1.19 bits per heavy atom. The number of fused-ring (bicyclic) bond motifs is 2. The number of carbonyl (C=O) groups excluding carboxylic acids is 1. The lowest BCUT2D eigenvalue weighted by Crippen LogP contribution is -2.54. The van der Waals surface area contributed by atoms with Crippen molar-refractivity contribution in [2.24, 2.45) is 0 Å². The van der Waals surface area contributed by atoms with Crippen LogP contribution in [0.25, 0.3) is 16.6 Å². The van der Waals surface area contributed by atoms with Crippen LogP contribution in [0.3, 0.4) is 0 Å². The van der Waals surface area contributed by atoms with Gasteiger partial charge in [0.15, 0.2) is 11.5 Å². The molecule has 166 valence electrons. The number of hydrogen-bond acceptors (Lipinski definition) is 6. The Morgan fingerprint density at radius 2 is 1.94 bits per heavy atom. The summed E-state index contributed by atoms with van der Waals surface area (Å²) >= 11 is 1.17. The Hall–Kier alpha value is -3.11. The molecule has 2 atom stereocenters. The fraction of sp³-hybridized carbons (Fsp3) is 0.318. The minimum atomic E-state index is -0.678. The van der Waals surface area contributed by atoms with Gasteiger partial charge in [-0.1, -0.05) is 0 Å². The van der Waals surface area contributed by atoms with Crippen LogP contribution < -0.4 is 15.5 Å². The molecule has 7 nitrogen and oxygen atoms in total. The topological polar surface area (TPSA) is 74.6 Å². The summed E-state index contributed by atoms with van der Waals surface area (Å²) in [5.74, 6) is -1.91. The molecule has 0 radical (unpaired) electrons. The van der Waals surface area contributed by atoms with Gasteiger partial charge in [-0.2, -0.15) is 4.37 Å². The molecule has 32 heavy (non-hydrogen) atoms. The second-order valence-corrected chi connectivity index (χ2v) is 8.98. The zero-order chi connectivity index (χ0) is 22.6. The zero-order valence-electron chi connectivity index (χ0n) is 17.8. The highest BCUT2D eigenvalue weighted by Crippen LogP contribution is 2.34. The first-order valence-corrected chi connectivity index (χ1v) is 11.2. The van der Waals surface area contributed by atoms with E-state index in [-0.39, 0.29) is 29.0 Å². The number of halogens is 2. The number of amides is 1. The summed E-state index contributed by atoms with van der Waals surface area (Å²) in [6.07, 6.45) is 3.20. The van der Waals surface area contributed by atoms with Gasteiger partial charge in [0.2, 0.25) is 0 Å². The molecule has 1 aromatic carbocycles. The van der Waals surface area contributed by atoms with E-state index in [1.165, 1.54) is 28.1 Å². The molecule has 3 aromatic heterocycles. The van der Waals surface area contributed by atoms with Crippen molar-refractivity contribution < 1.29 is 13.6 Å². The Bertz CT molecular complexity index is 1340. The third-order valence-electron chi connectivity index (χ3n) is 5.59. The molecular weight excluding hydrogens is 434 g/mol. The first kappa shape index (κ1) is 20.8. The van der Waals surface area contributed by atoms with Gasteiger partial charge < -0.3 is 19.9 Å². The highest BCUT2D eigenvalue weighted by Gasteiger charge is 2.27. The molecule has 2 unspecified atom stereocenters. The second-order valence-electron chi connectivity index (χ2n) is 8.35. The smallest absolute Gasteiger partial charge is 0.260 e. The van der Waals surface area contributed by atoms with E-state index in [0.717, 1.165) is 24.2 Å². The number of aryl methyl sites for hydroxylation is 1. The highest BCUT2D eigenvalue weighted by molar-refractivity contribution is 7.05. The summed E-state index contributed by atoms with van der Waals surface area (Å²) in [5.41, 5.74) is 1.90. The summed E-state index contributed by atoms with van der Waals surface area (Å²) in [4.78, 5) is 19.3. The molecule has 1 aliphatic heterocycles. The number of aromatic nitrogens is 3. The van der Waals surface area contributed by atoms with Gasteiger partial charge in [0.05, 0.1) is 17.1 Å². The zero-order valence-corrected chi connectivity index (χ0v) is 18.6. The number of rotatable bonds is 3. The van der Waals surface area contributed by atoms with Gasteiger partial charge in [-0.05, 0) is 38.4 Å². The molecule has 4 heterocycles. The second kappa shape index (κ2) is 7.79. The maximum atomic E-state index is 15.3. The molecule has 2 N–H and O–H groups in total. The summed E-state index contributed by atoms with van der Waals surface area (Å²) in [7, 11) is 0. The molecule has 10 heteroatoms. The third kappa shape index (κ3) is 3.59. The van der Waals surface area contributed by atoms with Gasteiger partial charge in [0, 0.05) is 54.4 Å². The lowest BCUT2D eigenvalue weighted by atomic mass is 10.0. The van der Waals surface area contributed by atoms with Crippen LogP contribution in [0.15, 0.2) is 29.9 Å². The van der Waals surface area contributed by atoms with Gasteiger partial charge in [-0.15, -0.1) is 0 Å². The van der Waals surface area contributed by atoms with Gasteiger partial charge in [0.1, 0.15) is 16.9 Å². The van der Waals surface area contributed by atoms with Crippen molar-refractivity contribution in [2.45, 2.75) is 32.9 Å². The van der Waals surface area contributed by atoms with E-state index in [9.17, 15) is 9.18 Å². The third-order valence-corrected chi connectivity index (χ3v) is 6.22.